The molecule has 0 saturated heterocycles. The highest BCUT2D eigenvalue weighted by Gasteiger charge is 2.29. The molecule has 0 saturated carbocycles. The van der Waals surface area contributed by atoms with Gasteiger partial charge in [-0.1, -0.05) is 0 Å². The molecule has 2 aromatic rings. The smallest absolute Gasteiger partial charge is 0.253 e. The molecule has 3 rings (SSSR count). The van der Waals surface area contributed by atoms with Gasteiger partial charge in [-0.25, -0.2) is 0 Å². The molecule has 1 atom stereocenters. The SMILES string of the molecule is Cc1nn(C)c(C)c1C(C)C(=O)N1CCc2cc[nH]c(=O)c2C1. The number of aromatic amines is 1. The maximum absolute atomic E-state index is 12.9. The lowest BCUT2D eigenvalue weighted by Gasteiger charge is -2.30. The third-order valence-electron chi connectivity index (χ3n) is 4.84. The number of carbonyl (C=O) groups excluding carboxylic acids is 1. The van der Waals surface area contributed by atoms with Gasteiger partial charge in [-0.3, -0.25) is 14.3 Å². The first-order valence-corrected chi connectivity index (χ1v) is 7.88. The predicted octanol–water partition coefficient (Wildman–Crippen LogP) is 1.41. The minimum Gasteiger partial charge on any atom is -0.337 e. The molecule has 0 aromatic carbocycles. The van der Waals surface area contributed by atoms with E-state index in [0.29, 0.717) is 18.7 Å². The van der Waals surface area contributed by atoms with Crippen molar-refractivity contribution in [2.24, 2.45) is 7.05 Å². The summed E-state index contributed by atoms with van der Waals surface area (Å²) in [5.74, 6) is -0.203. The van der Waals surface area contributed by atoms with Gasteiger partial charge < -0.3 is 9.88 Å². The van der Waals surface area contributed by atoms with Gasteiger partial charge in [0.15, 0.2) is 0 Å². The molecule has 1 N–H and O–H groups in total. The number of fused-ring (bicyclic) bond motifs is 1. The molecule has 3 heterocycles. The zero-order valence-corrected chi connectivity index (χ0v) is 14.0. The first-order chi connectivity index (χ1) is 10.9. The number of nitrogens with one attached hydrogen (secondary N) is 1. The Hall–Kier alpha value is -2.37. The highest BCUT2D eigenvalue weighted by molar-refractivity contribution is 5.84. The molecule has 0 aliphatic carbocycles. The largest absolute Gasteiger partial charge is 0.337 e. The molecular weight excluding hydrogens is 292 g/mol. The third-order valence-corrected chi connectivity index (χ3v) is 4.84. The molecule has 6 nitrogen and oxygen atoms in total. The third kappa shape index (κ3) is 2.58. The second-order valence-electron chi connectivity index (χ2n) is 6.25. The van der Waals surface area contributed by atoms with Crippen LogP contribution >= 0.6 is 0 Å². The van der Waals surface area contributed by atoms with Crippen LogP contribution in [0.25, 0.3) is 0 Å². The van der Waals surface area contributed by atoms with Crippen LogP contribution in [0, 0.1) is 13.8 Å². The fourth-order valence-electron chi connectivity index (χ4n) is 3.49. The summed E-state index contributed by atoms with van der Waals surface area (Å²) in [6.45, 7) is 6.87. The Morgan fingerprint density at radius 2 is 2.13 bits per heavy atom. The van der Waals surface area contributed by atoms with Crippen molar-refractivity contribution in [2.45, 2.75) is 39.7 Å². The number of aromatic nitrogens is 3. The minimum absolute atomic E-state index is 0.0538. The van der Waals surface area contributed by atoms with Gasteiger partial charge in [0, 0.05) is 36.6 Å². The highest BCUT2D eigenvalue weighted by Crippen LogP contribution is 2.26. The van der Waals surface area contributed by atoms with E-state index in [1.54, 1.807) is 11.1 Å². The number of pyridine rings is 1. The Labute approximate surface area is 135 Å². The van der Waals surface area contributed by atoms with E-state index < -0.39 is 0 Å². The van der Waals surface area contributed by atoms with E-state index in [2.05, 4.69) is 10.1 Å². The Morgan fingerprint density at radius 3 is 2.78 bits per heavy atom. The van der Waals surface area contributed by atoms with E-state index in [1.807, 2.05) is 38.6 Å². The molecule has 1 aliphatic heterocycles. The summed E-state index contributed by atoms with van der Waals surface area (Å²) < 4.78 is 1.81. The number of hydrogen-bond acceptors (Lipinski definition) is 3. The first kappa shape index (κ1) is 15.5. The maximum atomic E-state index is 12.9. The van der Waals surface area contributed by atoms with Crippen LogP contribution in [0.2, 0.25) is 0 Å². The van der Waals surface area contributed by atoms with Gasteiger partial charge in [0.25, 0.3) is 5.56 Å². The molecule has 1 amide bonds. The van der Waals surface area contributed by atoms with Gasteiger partial charge >= 0.3 is 0 Å². The topological polar surface area (TPSA) is 71.0 Å². The average molecular weight is 314 g/mol. The average Bonchev–Trinajstić information content (AvgIpc) is 2.79. The Morgan fingerprint density at radius 1 is 1.39 bits per heavy atom. The van der Waals surface area contributed by atoms with Gasteiger partial charge in [0.05, 0.1) is 18.2 Å². The van der Waals surface area contributed by atoms with Crippen LogP contribution in [-0.2, 0) is 24.8 Å². The first-order valence-electron chi connectivity index (χ1n) is 7.88. The monoisotopic (exact) mass is 314 g/mol. The van der Waals surface area contributed by atoms with Gasteiger partial charge in [-0.2, -0.15) is 5.10 Å². The van der Waals surface area contributed by atoms with Crippen LogP contribution in [0.15, 0.2) is 17.1 Å². The highest BCUT2D eigenvalue weighted by atomic mass is 16.2. The summed E-state index contributed by atoms with van der Waals surface area (Å²) in [7, 11) is 1.89. The second kappa shape index (κ2) is 5.68. The molecule has 0 radical (unpaired) electrons. The van der Waals surface area contributed by atoms with Gasteiger partial charge in [0.1, 0.15) is 0 Å². The molecule has 23 heavy (non-hydrogen) atoms. The fourth-order valence-corrected chi connectivity index (χ4v) is 3.49. The fraction of sp³-hybridized carbons (Fsp3) is 0.471. The molecule has 6 heteroatoms. The molecule has 0 spiro atoms. The van der Waals surface area contributed by atoms with Crippen LogP contribution in [0.4, 0.5) is 0 Å². The van der Waals surface area contributed by atoms with E-state index >= 15 is 0 Å². The number of aryl methyl sites for hydroxylation is 2. The number of rotatable bonds is 2. The van der Waals surface area contributed by atoms with Crippen molar-refractivity contribution >= 4 is 5.91 Å². The lowest BCUT2D eigenvalue weighted by Crippen LogP contribution is -2.40. The molecule has 122 valence electrons. The lowest BCUT2D eigenvalue weighted by molar-refractivity contribution is -0.133. The minimum atomic E-state index is -0.256. The molecule has 2 aromatic heterocycles. The van der Waals surface area contributed by atoms with Crippen molar-refractivity contribution in [3.05, 3.63) is 50.7 Å². The Balaban J connectivity index is 1.87. The van der Waals surface area contributed by atoms with Gasteiger partial charge in [-0.05, 0) is 38.8 Å². The van der Waals surface area contributed by atoms with Crippen molar-refractivity contribution in [1.29, 1.82) is 0 Å². The van der Waals surface area contributed by atoms with E-state index in [4.69, 9.17) is 0 Å². The van der Waals surface area contributed by atoms with Gasteiger partial charge in [-0.15, -0.1) is 0 Å². The van der Waals surface area contributed by atoms with E-state index in [-0.39, 0.29) is 17.4 Å². The molecule has 1 unspecified atom stereocenters. The van der Waals surface area contributed by atoms with E-state index in [9.17, 15) is 9.59 Å². The summed E-state index contributed by atoms with van der Waals surface area (Å²) >= 11 is 0. The molecule has 1 aliphatic rings. The summed E-state index contributed by atoms with van der Waals surface area (Å²) in [5, 5.41) is 4.40. The van der Waals surface area contributed by atoms with Crippen LogP contribution in [0.1, 0.15) is 40.9 Å². The van der Waals surface area contributed by atoms with Crippen molar-refractivity contribution < 1.29 is 4.79 Å². The summed E-state index contributed by atoms with van der Waals surface area (Å²) in [4.78, 5) is 29.4. The van der Waals surface area contributed by atoms with E-state index in [0.717, 1.165) is 28.9 Å². The summed E-state index contributed by atoms with van der Waals surface area (Å²) in [5.41, 5.74) is 4.55. The van der Waals surface area contributed by atoms with Crippen molar-refractivity contribution in [2.75, 3.05) is 6.54 Å². The van der Waals surface area contributed by atoms with Crippen LogP contribution in [-0.4, -0.2) is 32.1 Å². The lowest BCUT2D eigenvalue weighted by atomic mass is 9.95. The zero-order valence-electron chi connectivity index (χ0n) is 14.0. The normalized spacial score (nSPS) is 15.4. The number of hydrogen-bond donors (Lipinski definition) is 1. The standard InChI is InChI=1S/C17H22N4O2/c1-10(15-11(2)19-20(4)12(15)3)17(23)21-8-6-13-5-7-18-16(22)14(13)9-21/h5,7,10H,6,8-9H2,1-4H3,(H,18,22). The molecule has 0 fully saturated rings. The van der Waals surface area contributed by atoms with Crippen LogP contribution in [0.3, 0.4) is 0 Å². The maximum Gasteiger partial charge on any atom is 0.253 e. The summed E-state index contributed by atoms with van der Waals surface area (Å²) in [6, 6.07) is 1.93. The van der Waals surface area contributed by atoms with Gasteiger partial charge in [0.2, 0.25) is 5.91 Å². The van der Waals surface area contributed by atoms with Crippen molar-refractivity contribution in [3.63, 3.8) is 0 Å². The van der Waals surface area contributed by atoms with Crippen LogP contribution in [0.5, 0.6) is 0 Å². The number of H-pyrrole nitrogens is 1. The molecule has 0 bridgehead atoms. The number of amides is 1. The second-order valence-corrected chi connectivity index (χ2v) is 6.25. The molecular formula is C17H22N4O2. The Bertz CT molecular complexity index is 818. The zero-order chi connectivity index (χ0) is 16.7. The van der Waals surface area contributed by atoms with Crippen molar-refractivity contribution in [3.8, 4) is 0 Å². The van der Waals surface area contributed by atoms with Crippen LogP contribution < -0.4 is 5.56 Å². The summed E-state index contributed by atoms with van der Waals surface area (Å²) in [6.07, 6.45) is 2.40. The number of carbonyl (C=O) groups is 1. The van der Waals surface area contributed by atoms with E-state index in [1.165, 1.54) is 0 Å². The predicted molar refractivity (Wildman–Crippen MR) is 87.3 cm³/mol. The Kier molecular flexibility index (Phi) is 3.83. The van der Waals surface area contributed by atoms with Crippen molar-refractivity contribution in [1.82, 2.24) is 19.7 Å². The quantitative estimate of drug-likeness (QED) is 0.911. The number of nitrogens with zero attached hydrogens (tertiary/aromatic N) is 3.